The van der Waals surface area contributed by atoms with Gasteiger partial charge in [0.25, 0.3) is 11.1 Å². The number of hydrogen-bond acceptors (Lipinski definition) is 8. The Kier molecular flexibility index (Phi) is 6.37. The van der Waals surface area contributed by atoms with Crippen molar-refractivity contribution < 1.29 is 22.4 Å². The van der Waals surface area contributed by atoms with Crippen molar-refractivity contribution in [1.29, 1.82) is 0 Å². The van der Waals surface area contributed by atoms with Gasteiger partial charge in [0, 0.05) is 35.9 Å². The number of ether oxygens (including phenoxy) is 1. The van der Waals surface area contributed by atoms with Gasteiger partial charge in [0.15, 0.2) is 0 Å². The van der Waals surface area contributed by atoms with Gasteiger partial charge in [0.2, 0.25) is 15.9 Å². The maximum Gasteiger partial charge on any atom is 0.277 e. The Morgan fingerprint density at radius 3 is 2.79 bits per heavy atom. The Morgan fingerprint density at radius 2 is 1.94 bits per heavy atom. The van der Waals surface area contributed by atoms with Crippen molar-refractivity contribution in [2.45, 2.75) is 10.1 Å². The monoisotopic (exact) mass is 499 g/mol. The summed E-state index contributed by atoms with van der Waals surface area (Å²) in [5.74, 6) is 0.0646. The van der Waals surface area contributed by atoms with E-state index in [9.17, 15) is 13.2 Å². The summed E-state index contributed by atoms with van der Waals surface area (Å²) in [6.07, 6.45) is 1.80. The fraction of sp³-hybridized carbons (Fsp3) is 0.227. The van der Waals surface area contributed by atoms with Crippen LogP contribution < -0.4 is 5.32 Å². The number of hydrogen-bond donors (Lipinski definition) is 2. The summed E-state index contributed by atoms with van der Waals surface area (Å²) >= 11 is 1.10. The van der Waals surface area contributed by atoms with Crippen molar-refractivity contribution >= 4 is 44.3 Å². The van der Waals surface area contributed by atoms with Gasteiger partial charge < -0.3 is 19.5 Å². The van der Waals surface area contributed by atoms with Crippen LogP contribution in [0.5, 0.6) is 0 Å². The summed E-state index contributed by atoms with van der Waals surface area (Å²) in [6.45, 7) is 1.34. The molecule has 0 saturated carbocycles. The molecule has 34 heavy (non-hydrogen) atoms. The molecule has 0 radical (unpaired) electrons. The molecule has 10 nitrogen and oxygen atoms in total. The highest BCUT2D eigenvalue weighted by Crippen LogP contribution is 2.29. The molecule has 1 aliphatic rings. The zero-order chi connectivity index (χ0) is 23.5. The van der Waals surface area contributed by atoms with Gasteiger partial charge in [0.1, 0.15) is 0 Å². The van der Waals surface area contributed by atoms with Crippen LogP contribution in [0.4, 0.5) is 5.69 Å². The number of amides is 1. The van der Waals surface area contributed by atoms with Crippen molar-refractivity contribution in [2.75, 3.05) is 37.4 Å². The summed E-state index contributed by atoms with van der Waals surface area (Å²) in [4.78, 5) is 15.7. The van der Waals surface area contributed by atoms with E-state index < -0.39 is 10.0 Å². The standard InChI is InChI=1S/C22H21N5O5S2/c28-20(24-15-4-3-5-16(12-15)34(29,30)27-8-10-31-11-9-27)14-33-22-26-25-21(32-22)18-13-23-19-7-2-1-6-17(18)19/h1-7,12-13,23H,8-11,14H2,(H,24,28). The average Bonchev–Trinajstić information content (AvgIpc) is 3.50. The van der Waals surface area contributed by atoms with E-state index in [4.69, 9.17) is 9.15 Å². The first kappa shape index (κ1) is 22.6. The maximum atomic E-state index is 12.8. The first-order chi connectivity index (χ1) is 16.5. The number of carbonyl (C=O) groups excluding carboxylic acids is 1. The van der Waals surface area contributed by atoms with Crippen LogP contribution in [0.3, 0.4) is 0 Å². The van der Waals surface area contributed by atoms with Gasteiger partial charge in [-0.3, -0.25) is 4.79 Å². The first-order valence-corrected chi connectivity index (χ1v) is 12.9. The molecule has 1 aliphatic heterocycles. The molecule has 4 aromatic rings. The van der Waals surface area contributed by atoms with E-state index in [-0.39, 0.29) is 21.8 Å². The van der Waals surface area contributed by atoms with Gasteiger partial charge in [-0.2, -0.15) is 4.31 Å². The summed E-state index contributed by atoms with van der Waals surface area (Å²) in [6, 6.07) is 14.0. The summed E-state index contributed by atoms with van der Waals surface area (Å²) in [5.41, 5.74) is 2.14. The van der Waals surface area contributed by atoms with E-state index in [0.29, 0.717) is 37.9 Å². The fourth-order valence-corrected chi connectivity index (χ4v) is 5.64. The second-order valence-electron chi connectivity index (χ2n) is 7.50. The lowest BCUT2D eigenvalue weighted by atomic mass is 10.2. The Bertz CT molecular complexity index is 1430. The van der Waals surface area contributed by atoms with Crippen molar-refractivity contribution in [3.63, 3.8) is 0 Å². The van der Waals surface area contributed by atoms with Crippen LogP contribution in [-0.4, -0.2) is 65.9 Å². The maximum absolute atomic E-state index is 12.8. The lowest BCUT2D eigenvalue weighted by molar-refractivity contribution is -0.113. The van der Waals surface area contributed by atoms with Gasteiger partial charge in [-0.15, -0.1) is 10.2 Å². The number of H-pyrrole nitrogens is 1. The third-order valence-corrected chi connectivity index (χ3v) is 7.99. The number of anilines is 1. The summed E-state index contributed by atoms with van der Waals surface area (Å²) in [7, 11) is -3.65. The minimum atomic E-state index is -3.65. The number of benzene rings is 2. The Balaban J connectivity index is 1.21. The minimum Gasteiger partial charge on any atom is -0.411 e. The van der Waals surface area contributed by atoms with Crippen LogP contribution in [0.25, 0.3) is 22.4 Å². The zero-order valence-corrected chi connectivity index (χ0v) is 19.6. The number of para-hydroxylation sites is 1. The highest BCUT2D eigenvalue weighted by molar-refractivity contribution is 7.99. The number of sulfonamides is 1. The Hall–Kier alpha value is -3.19. The topological polar surface area (TPSA) is 130 Å². The smallest absolute Gasteiger partial charge is 0.277 e. The number of nitrogens with one attached hydrogen (secondary N) is 2. The van der Waals surface area contributed by atoms with Crippen LogP contribution >= 0.6 is 11.8 Å². The number of morpholine rings is 1. The molecule has 0 unspecified atom stereocenters. The number of thioether (sulfide) groups is 1. The van der Waals surface area contributed by atoms with Crippen molar-refractivity contribution in [3.05, 3.63) is 54.7 Å². The van der Waals surface area contributed by atoms with E-state index >= 15 is 0 Å². The minimum absolute atomic E-state index is 0.0238. The molecule has 12 heteroatoms. The van der Waals surface area contributed by atoms with E-state index in [0.717, 1.165) is 28.2 Å². The zero-order valence-electron chi connectivity index (χ0n) is 17.9. The van der Waals surface area contributed by atoms with Crippen molar-refractivity contribution in [3.8, 4) is 11.5 Å². The van der Waals surface area contributed by atoms with E-state index in [2.05, 4.69) is 20.5 Å². The number of nitrogens with zero attached hydrogens (tertiary/aromatic N) is 3. The van der Waals surface area contributed by atoms with E-state index in [1.165, 1.54) is 16.4 Å². The van der Waals surface area contributed by atoms with Crippen LogP contribution in [0.1, 0.15) is 0 Å². The normalized spacial score (nSPS) is 14.9. The second kappa shape index (κ2) is 9.58. The van der Waals surface area contributed by atoms with E-state index in [1.54, 1.807) is 18.3 Å². The molecule has 0 atom stereocenters. The number of rotatable bonds is 7. The van der Waals surface area contributed by atoms with Crippen molar-refractivity contribution in [1.82, 2.24) is 19.5 Å². The lowest BCUT2D eigenvalue weighted by Gasteiger charge is -2.26. The number of aromatic amines is 1. The highest BCUT2D eigenvalue weighted by Gasteiger charge is 2.26. The van der Waals surface area contributed by atoms with Gasteiger partial charge in [-0.25, -0.2) is 8.42 Å². The van der Waals surface area contributed by atoms with Gasteiger partial charge in [-0.05, 0) is 24.3 Å². The molecule has 0 spiro atoms. The molecule has 2 N–H and O–H groups in total. The fourth-order valence-electron chi connectivity index (χ4n) is 3.62. The number of aromatic nitrogens is 3. The van der Waals surface area contributed by atoms with Crippen LogP contribution in [-0.2, 0) is 19.6 Å². The molecule has 1 fully saturated rings. The number of carbonyl (C=O) groups is 1. The Labute approximate surface area is 199 Å². The largest absolute Gasteiger partial charge is 0.411 e. The molecule has 0 aliphatic carbocycles. The van der Waals surface area contributed by atoms with Crippen LogP contribution in [0.15, 0.2) is 69.3 Å². The predicted molar refractivity (Wildman–Crippen MR) is 127 cm³/mol. The molecular formula is C22H21N5O5S2. The summed E-state index contributed by atoms with van der Waals surface area (Å²) in [5, 5.41) is 12.0. The molecule has 1 amide bonds. The lowest BCUT2D eigenvalue weighted by Crippen LogP contribution is -2.40. The molecule has 2 aromatic carbocycles. The average molecular weight is 500 g/mol. The van der Waals surface area contributed by atoms with Crippen molar-refractivity contribution in [2.24, 2.45) is 0 Å². The van der Waals surface area contributed by atoms with Gasteiger partial charge in [0.05, 0.1) is 29.4 Å². The van der Waals surface area contributed by atoms with E-state index in [1.807, 2.05) is 24.3 Å². The molecule has 5 rings (SSSR count). The highest BCUT2D eigenvalue weighted by atomic mass is 32.2. The molecular weight excluding hydrogens is 478 g/mol. The molecule has 2 aromatic heterocycles. The van der Waals surface area contributed by atoms with Gasteiger partial charge in [-0.1, -0.05) is 36.0 Å². The molecule has 0 bridgehead atoms. The predicted octanol–water partition coefficient (Wildman–Crippen LogP) is 2.97. The SMILES string of the molecule is O=C(CSc1nnc(-c2c[nH]c3ccccc23)o1)Nc1cccc(S(=O)(=O)N2CCOCC2)c1. The third-order valence-electron chi connectivity index (χ3n) is 5.28. The van der Waals surface area contributed by atoms with Gasteiger partial charge >= 0.3 is 0 Å². The van der Waals surface area contributed by atoms with Crippen LogP contribution in [0.2, 0.25) is 0 Å². The van der Waals surface area contributed by atoms with Crippen LogP contribution in [0, 0.1) is 0 Å². The number of fused-ring (bicyclic) bond motifs is 1. The Morgan fingerprint density at radius 1 is 1.12 bits per heavy atom. The summed E-state index contributed by atoms with van der Waals surface area (Å²) < 4.78 is 38.0. The first-order valence-electron chi connectivity index (χ1n) is 10.5. The quantitative estimate of drug-likeness (QED) is 0.371. The molecule has 176 valence electrons. The molecule has 1 saturated heterocycles. The second-order valence-corrected chi connectivity index (χ2v) is 10.4. The molecule has 3 heterocycles. The third kappa shape index (κ3) is 4.71.